The minimum Gasteiger partial charge on any atom is -0.322 e. The molecule has 0 saturated carbocycles. The van der Waals surface area contributed by atoms with E-state index in [-0.39, 0.29) is 23.3 Å². The zero-order valence-corrected chi connectivity index (χ0v) is 22.5. The van der Waals surface area contributed by atoms with Crippen LogP contribution in [0.25, 0.3) is 0 Å². The maximum atomic E-state index is 13.5. The van der Waals surface area contributed by atoms with Crippen LogP contribution in [0.3, 0.4) is 0 Å². The molecule has 1 fully saturated rings. The third-order valence-corrected chi connectivity index (χ3v) is 7.68. The first kappa shape index (κ1) is 28.1. The number of halogens is 3. The van der Waals surface area contributed by atoms with Gasteiger partial charge in [-0.25, -0.2) is 14.6 Å². The van der Waals surface area contributed by atoms with Crippen molar-refractivity contribution in [3.8, 4) is 6.07 Å². The molecule has 0 N–H and O–H groups in total. The van der Waals surface area contributed by atoms with Gasteiger partial charge in [0.1, 0.15) is 0 Å². The predicted octanol–water partition coefficient (Wildman–Crippen LogP) is 4.11. The summed E-state index contributed by atoms with van der Waals surface area (Å²) in [6.07, 6.45) is -4.79. The molecular formula is C27H23F3N6O4S. The Hall–Kier alpha value is -4.48. The summed E-state index contributed by atoms with van der Waals surface area (Å²) in [4.78, 5) is 53.0. The number of hydrogen-bond acceptors (Lipinski definition) is 8. The van der Waals surface area contributed by atoms with Crippen LogP contribution in [0.1, 0.15) is 32.1 Å². The summed E-state index contributed by atoms with van der Waals surface area (Å²) in [7, 11) is 1.88. The number of fused-ring (bicyclic) bond motifs is 1. The lowest BCUT2D eigenvalue weighted by Gasteiger charge is -2.20. The summed E-state index contributed by atoms with van der Waals surface area (Å²) >= 11 is 0.985. The van der Waals surface area contributed by atoms with Gasteiger partial charge in [-0.05, 0) is 49.0 Å². The molecule has 41 heavy (non-hydrogen) atoms. The molecule has 1 aromatic heterocycles. The van der Waals surface area contributed by atoms with Crippen LogP contribution in [0.5, 0.6) is 0 Å². The normalized spacial score (nSPS) is 15.4. The van der Waals surface area contributed by atoms with Crippen molar-refractivity contribution in [2.24, 2.45) is 0 Å². The topological polar surface area (TPSA) is 110 Å². The SMILES string of the molecule is CN1CCc2nc(N(OC(=O)C(F)(F)F)C(=O)c3cccc(CN4CCN(c5ccc(C#N)cc5)C4=O)c3)sc2C1. The molecule has 2 aliphatic rings. The number of rotatable bonds is 5. The van der Waals surface area contributed by atoms with Gasteiger partial charge in [0.15, 0.2) is 0 Å². The van der Waals surface area contributed by atoms with Gasteiger partial charge in [0.25, 0.3) is 5.91 Å². The molecule has 10 nitrogen and oxygen atoms in total. The molecule has 0 radical (unpaired) electrons. The van der Waals surface area contributed by atoms with Crippen LogP contribution in [0, 0.1) is 11.3 Å². The van der Waals surface area contributed by atoms with Crippen molar-refractivity contribution in [2.45, 2.75) is 25.7 Å². The van der Waals surface area contributed by atoms with Crippen molar-refractivity contribution >= 4 is 40.1 Å². The number of alkyl halides is 3. The second-order valence-electron chi connectivity index (χ2n) is 9.54. The molecule has 3 aromatic rings. The highest BCUT2D eigenvalue weighted by Crippen LogP contribution is 2.32. The summed E-state index contributed by atoms with van der Waals surface area (Å²) in [5, 5.41) is 9.12. The Morgan fingerprint density at radius 2 is 1.90 bits per heavy atom. The minimum atomic E-state index is -5.33. The van der Waals surface area contributed by atoms with Crippen molar-refractivity contribution in [1.29, 1.82) is 5.26 Å². The van der Waals surface area contributed by atoms with E-state index in [1.54, 1.807) is 40.1 Å². The lowest BCUT2D eigenvalue weighted by molar-refractivity contribution is -0.199. The van der Waals surface area contributed by atoms with E-state index in [0.717, 1.165) is 16.2 Å². The highest BCUT2D eigenvalue weighted by Gasteiger charge is 2.44. The number of hydroxylamine groups is 1. The summed E-state index contributed by atoms with van der Waals surface area (Å²) < 4.78 is 39.3. The van der Waals surface area contributed by atoms with Gasteiger partial charge in [0.05, 0.1) is 17.3 Å². The van der Waals surface area contributed by atoms with Crippen LogP contribution in [-0.2, 0) is 29.1 Å². The zero-order valence-electron chi connectivity index (χ0n) is 21.7. The molecule has 0 spiro atoms. The largest absolute Gasteiger partial charge is 0.493 e. The molecule has 14 heteroatoms. The molecule has 0 bridgehead atoms. The lowest BCUT2D eigenvalue weighted by atomic mass is 10.1. The monoisotopic (exact) mass is 584 g/mol. The second kappa shape index (κ2) is 11.2. The fraction of sp³-hybridized carbons (Fsp3) is 0.296. The molecule has 3 heterocycles. The highest BCUT2D eigenvalue weighted by molar-refractivity contribution is 7.15. The Kier molecular flexibility index (Phi) is 7.65. The van der Waals surface area contributed by atoms with Crippen LogP contribution in [-0.4, -0.2) is 65.5 Å². The Balaban J connectivity index is 1.36. The van der Waals surface area contributed by atoms with Crippen LogP contribution >= 0.6 is 11.3 Å². The standard InChI is InChI=1S/C27H23F3N6O4S/c1-33-10-9-21-22(16-33)41-25(32-21)36(40-24(38)27(28,29)30)23(37)19-4-2-3-18(13-19)15-34-11-12-35(26(34)39)20-7-5-17(14-31)6-8-20/h2-8,13H,9-12,15-16H2,1H3. The summed E-state index contributed by atoms with van der Waals surface area (Å²) in [6, 6.07) is 14.4. The smallest absolute Gasteiger partial charge is 0.322 e. The lowest BCUT2D eigenvalue weighted by Crippen LogP contribution is -2.39. The van der Waals surface area contributed by atoms with Gasteiger partial charge in [-0.2, -0.15) is 18.4 Å². The number of urea groups is 1. The number of nitriles is 1. The van der Waals surface area contributed by atoms with Crippen molar-refractivity contribution < 1.29 is 32.4 Å². The van der Waals surface area contributed by atoms with E-state index < -0.39 is 18.1 Å². The van der Waals surface area contributed by atoms with Gasteiger partial charge < -0.3 is 14.6 Å². The first-order valence-electron chi connectivity index (χ1n) is 12.5. The molecule has 5 rings (SSSR count). The molecule has 2 aromatic carbocycles. The van der Waals surface area contributed by atoms with E-state index in [1.165, 1.54) is 18.2 Å². The fourth-order valence-electron chi connectivity index (χ4n) is 4.52. The maximum Gasteiger partial charge on any atom is 0.493 e. The van der Waals surface area contributed by atoms with Gasteiger partial charge in [-0.3, -0.25) is 9.69 Å². The Bertz CT molecular complexity index is 1530. The fourth-order valence-corrected chi connectivity index (χ4v) is 5.65. The van der Waals surface area contributed by atoms with Crippen molar-refractivity contribution in [3.05, 3.63) is 75.8 Å². The Morgan fingerprint density at radius 1 is 1.15 bits per heavy atom. The van der Waals surface area contributed by atoms with Crippen molar-refractivity contribution in [3.63, 3.8) is 0 Å². The number of carbonyl (C=O) groups excluding carboxylic acids is 3. The molecule has 0 aliphatic carbocycles. The van der Waals surface area contributed by atoms with E-state index in [2.05, 4.69) is 9.82 Å². The Labute approximate surface area is 236 Å². The Morgan fingerprint density at radius 3 is 2.61 bits per heavy atom. The van der Waals surface area contributed by atoms with E-state index in [0.29, 0.717) is 60.2 Å². The number of nitrogens with zero attached hydrogens (tertiary/aromatic N) is 6. The average molecular weight is 585 g/mol. The first-order chi connectivity index (χ1) is 19.5. The molecule has 0 atom stereocenters. The van der Waals surface area contributed by atoms with Crippen molar-refractivity contribution in [1.82, 2.24) is 14.8 Å². The van der Waals surface area contributed by atoms with E-state index in [1.807, 2.05) is 18.0 Å². The van der Waals surface area contributed by atoms with E-state index in [4.69, 9.17) is 5.26 Å². The zero-order chi connectivity index (χ0) is 29.3. The minimum absolute atomic E-state index is 0.0432. The number of thiazole rings is 1. The molecule has 1 saturated heterocycles. The molecule has 212 valence electrons. The first-order valence-corrected chi connectivity index (χ1v) is 13.3. The number of aromatic nitrogens is 1. The van der Waals surface area contributed by atoms with E-state index >= 15 is 0 Å². The van der Waals surface area contributed by atoms with Crippen LogP contribution in [0.15, 0.2) is 48.5 Å². The highest BCUT2D eigenvalue weighted by atomic mass is 32.1. The van der Waals surface area contributed by atoms with E-state index in [9.17, 15) is 27.6 Å². The number of amides is 3. The summed E-state index contributed by atoms with van der Waals surface area (Å²) in [5.41, 5.74) is 2.25. The van der Waals surface area contributed by atoms with Gasteiger partial charge in [0, 0.05) is 55.3 Å². The number of likely N-dealkylation sites (N-methyl/N-ethyl adjacent to an activating group) is 1. The van der Waals surface area contributed by atoms with Gasteiger partial charge >= 0.3 is 18.2 Å². The molecule has 3 amide bonds. The van der Waals surface area contributed by atoms with Gasteiger partial charge in [-0.1, -0.05) is 23.5 Å². The van der Waals surface area contributed by atoms with Crippen LogP contribution in [0.4, 0.5) is 28.8 Å². The number of benzene rings is 2. The average Bonchev–Trinajstić information content (AvgIpc) is 3.53. The maximum absolute atomic E-state index is 13.5. The number of hydrogen-bond donors (Lipinski definition) is 0. The number of carbonyl (C=O) groups is 3. The molecule has 2 aliphatic heterocycles. The van der Waals surface area contributed by atoms with Crippen LogP contribution < -0.4 is 9.96 Å². The van der Waals surface area contributed by atoms with Gasteiger partial charge in [-0.15, -0.1) is 5.06 Å². The second-order valence-corrected chi connectivity index (χ2v) is 10.6. The van der Waals surface area contributed by atoms with Gasteiger partial charge in [0.2, 0.25) is 5.13 Å². The third kappa shape index (κ3) is 6.01. The van der Waals surface area contributed by atoms with Crippen LogP contribution in [0.2, 0.25) is 0 Å². The quantitative estimate of drug-likeness (QED) is 0.415. The summed E-state index contributed by atoms with van der Waals surface area (Å²) in [5.74, 6) is -3.55. The van der Waals surface area contributed by atoms with Crippen molar-refractivity contribution in [2.75, 3.05) is 36.6 Å². The molecule has 0 unspecified atom stereocenters. The number of anilines is 2. The molecular weight excluding hydrogens is 561 g/mol. The predicted molar refractivity (Wildman–Crippen MR) is 142 cm³/mol. The summed E-state index contributed by atoms with van der Waals surface area (Å²) in [6.45, 7) is 2.13. The third-order valence-electron chi connectivity index (χ3n) is 6.63.